The molecule has 0 aliphatic heterocycles. The SMILES string of the molecule is CC(C)Cc1nc(CN(C)C2CCC(N)CC2)no1. The molecular formula is C14H26N4O. The van der Waals surface area contributed by atoms with Gasteiger partial charge in [0, 0.05) is 18.5 Å². The van der Waals surface area contributed by atoms with E-state index in [1.165, 1.54) is 12.8 Å². The van der Waals surface area contributed by atoms with E-state index >= 15 is 0 Å². The Hall–Kier alpha value is -0.940. The van der Waals surface area contributed by atoms with Gasteiger partial charge in [-0.2, -0.15) is 4.98 Å². The predicted octanol–water partition coefficient (Wildman–Crippen LogP) is 1.97. The van der Waals surface area contributed by atoms with Crippen LogP contribution in [0.3, 0.4) is 0 Å². The second-order valence-corrected chi connectivity index (χ2v) is 6.19. The normalized spacial score (nSPS) is 24.3. The number of aromatic nitrogens is 2. The Morgan fingerprint density at radius 1 is 1.32 bits per heavy atom. The molecule has 0 unspecified atom stereocenters. The minimum absolute atomic E-state index is 0.396. The highest BCUT2D eigenvalue weighted by molar-refractivity contribution is 4.89. The van der Waals surface area contributed by atoms with Crippen LogP contribution < -0.4 is 5.73 Å². The molecule has 1 aromatic heterocycles. The van der Waals surface area contributed by atoms with Crippen LogP contribution >= 0.6 is 0 Å². The molecule has 108 valence electrons. The van der Waals surface area contributed by atoms with Gasteiger partial charge < -0.3 is 10.3 Å². The average molecular weight is 266 g/mol. The molecule has 0 radical (unpaired) electrons. The van der Waals surface area contributed by atoms with Crippen molar-refractivity contribution in [1.82, 2.24) is 15.0 Å². The fourth-order valence-corrected chi connectivity index (χ4v) is 2.68. The maximum absolute atomic E-state index is 5.94. The lowest BCUT2D eigenvalue weighted by Crippen LogP contribution is -2.38. The molecule has 0 amide bonds. The summed E-state index contributed by atoms with van der Waals surface area (Å²) in [7, 11) is 2.14. The van der Waals surface area contributed by atoms with Crippen molar-refractivity contribution in [3.63, 3.8) is 0 Å². The summed E-state index contributed by atoms with van der Waals surface area (Å²) in [6.45, 7) is 5.07. The summed E-state index contributed by atoms with van der Waals surface area (Å²) in [6, 6.07) is 0.999. The highest BCUT2D eigenvalue weighted by Gasteiger charge is 2.23. The first kappa shape index (κ1) is 14.5. The Bertz CT molecular complexity index is 383. The van der Waals surface area contributed by atoms with Crippen LogP contribution in [0.25, 0.3) is 0 Å². The van der Waals surface area contributed by atoms with E-state index in [9.17, 15) is 0 Å². The lowest BCUT2D eigenvalue weighted by molar-refractivity contribution is 0.171. The van der Waals surface area contributed by atoms with Crippen LogP contribution in [0, 0.1) is 5.92 Å². The van der Waals surface area contributed by atoms with Gasteiger partial charge in [-0.05, 0) is 38.6 Å². The zero-order valence-electron chi connectivity index (χ0n) is 12.3. The van der Waals surface area contributed by atoms with E-state index in [2.05, 4.69) is 35.9 Å². The molecule has 2 rings (SSSR count). The van der Waals surface area contributed by atoms with Gasteiger partial charge >= 0.3 is 0 Å². The molecule has 0 saturated heterocycles. The van der Waals surface area contributed by atoms with Gasteiger partial charge in [-0.1, -0.05) is 19.0 Å². The minimum Gasteiger partial charge on any atom is -0.339 e. The summed E-state index contributed by atoms with van der Waals surface area (Å²) in [5.74, 6) is 2.10. The van der Waals surface area contributed by atoms with Crippen molar-refractivity contribution in [3.8, 4) is 0 Å². The first-order chi connectivity index (χ1) is 9.04. The predicted molar refractivity (Wildman–Crippen MR) is 74.5 cm³/mol. The van der Waals surface area contributed by atoms with Crippen molar-refractivity contribution in [2.24, 2.45) is 11.7 Å². The molecule has 0 spiro atoms. The van der Waals surface area contributed by atoms with Crippen molar-refractivity contribution in [2.75, 3.05) is 7.05 Å². The van der Waals surface area contributed by atoms with E-state index in [4.69, 9.17) is 10.3 Å². The molecule has 0 bridgehead atoms. The zero-order chi connectivity index (χ0) is 13.8. The van der Waals surface area contributed by atoms with Gasteiger partial charge in [0.15, 0.2) is 5.82 Å². The summed E-state index contributed by atoms with van der Waals surface area (Å²) >= 11 is 0. The number of hydrogen-bond donors (Lipinski definition) is 1. The quantitative estimate of drug-likeness (QED) is 0.882. The van der Waals surface area contributed by atoms with Crippen LogP contribution in [0.15, 0.2) is 4.52 Å². The van der Waals surface area contributed by atoms with Gasteiger partial charge in [-0.25, -0.2) is 0 Å². The lowest BCUT2D eigenvalue weighted by Gasteiger charge is -2.32. The smallest absolute Gasteiger partial charge is 0.226 e. The molecule has 0 aromatic carbocycles. The second kappa shape index (κ2) is 6.48. The van der Waals surface area contributed by atoms with Gasteiger partial charge in [-0.15, -0.1) is 0 Å². The molecule has 1 aliphatic rings. The molecule has 1 fully saturated rings. The van der Waals surface area contributed by atoms with Crippen LogP contribution in [-0.4, -0.2) is 34.2 Å². The van der Waals surface area contributed by atoms with Crippen LogP contribution in [0.1, 0.15) is 51.2 Å². The fourth-order valence-electron chi connectivity index (χ4n) is 2.68. The Labute approximate surface area is 115 Å². The van der Waals surface area contributed by atoms with Crippen LogP contribution in [0.4, 0.5) is 0 Å². The molecule has 19 heavy (non-hydrogen) atoms. The van der Waals surface area contributed by atoms with E-state index in [0.717, 1.165) is 37.5 Å². The van der Waals surface area contributed by atoms with E-state index < -0.39 is 0 Å². The molecule has 1 aromatic rings. The van der Waals surface area contributed by atoms with Gasteiger partial charge in [-0.3, -0.25) is 4.90 Å². The Kier molecular flexibility index (Phi) is 4.93. The zero-order valence-corrected chi connectivity index (χ0v) is 12.3. The summed E-state index contributed by atoms with van der Waals surface area (Å²) in [6.07, 6.45) is 5.46. The first-order valence-electron chi connectivity index (χ1n) is 7.32. The second-order valence-electron chi connectivity index (χ2n) is 6.19. The Morgan fingerprint density at radius 2 is 2.00 bits per heavy atom. The topological polar surface area (TPSA) is 68.2 Å². The van der Waals surface area contributed by atoms with E-state index in [-0.39, 0.29) is 0 Å². The molecular weight excluding hydrogens is 240 g/mol. The standard InChI is InChI=1S/C14H26N4O/c1-10(2)8-14-16-13(17-19-14)9-18(3)12-6-4-11(15)5-7-12/h10-12H,4-9,15H2,1-3H3. The lowest BCUT2D eigenvalue weighted by atomic mass is 9.91. The molecule has 1 aliphatic carbocycles. The molecule has 5 heteroatoms. The van der Waals surface area contributed by atoms with Crippen molar-refractivity contribution >= 4 is 0 Å². The van der Waals surface area contributed by atoms with Crippen LogP contribution in [0.2, 0.25) is 0 Å². The monoisotopic (exact) mass is 266 g/mol. The van der Waals surface area contributed by atoms with Gasteiger partial charge in [0.2, 0.25) is 5.89 Å². The van der Waals surface area contributed by atoms with Crippen molar-refractivity contribution in [1.29, 1.82) is 0 Å². The third-order valence-electron chi connectivity index (χ3n) is 3.85. The highest BCUT2D eigenvalue weighted by atomic mass is 16.5. The average Bonchev–Trinajstić information content (AvgIpc) is 2.76. The third kappa shape index (κ3) is 4.28. The van der Waals surface area contributed by atoms with Crippen LogP contribution in [0.5, 0.6) is 0 Å². The summed E-state index contributed by atoms with van der Waals surface area (Å²) in [5.41, 5.74) is 5.94. The summed E-state index contributed by atoms with van der Waals surface area (Å²) in [4.78, 5) is 6.79. The molecule has 1 heterocycles. The molecule has 1 saturated carbocycles. The first-order valence-corrected chi connectivity index (χ1v) is 7.32. The van der Waals surface area contributed by atoms with Gasteiger partial charge in [0.05, 0.1) is 6.54 Å². The Balaban J connectivity index is 1.84. The molecule has 5 nitrogen and oxygen atoms in total. The maximum atomic E-state index is 5.94. The third-order valence-corrected chi connectivity index (χ3v) is 3.85. The van der Waals surface area contributed by atoms with Crippen molar-refractivity contribution < 1.29 is 4.52 Å². The molecule has 0 atom stereocenters. The van der Waals surface area contributed by atoms with Crippen LogP contribution in [-0.2, 0) is 13.0 Å². The molecule has 2 N–H and O–H groups in total. The fraction of sp³-hybridized carbons (Fsp3) is 0.857. The number of hydrogen-bond acceptors (Lipinski definition) is 5. The van der Waals surface area contributed by atoms with Crippen molar-refractivity contribution in [3.05, 3.63) is 11.7 Å². The number of nitrogens with two attached hydrogens (primary N) is 1. The van der Waals surface area contributed by atoms with E-state index in [1.54, 1.807) is 0 Å². The van der Waals surface area contributed by atoms with Crippen molar-refractivity contribution in [2.45, 2.75) is 64.6 Å². The summed E-state index contributed by atoms with van der Waals surface area (Å²) < 4.78 is 5.27. The van der Waals surface area contributed by atoms with Gasteiger partial charge in [0.25, 0.3) is 0 Å². The Morgan fingerprint density at radius 3 is 2.63 bits per heavy atom. The number of nitrogens with zero attached hydrogens (tertiary/aromatic N) is 3. The maximum Gasteiger partial charge on any atom is 0.226 e. The van der Waals surface area contributed by atoms with E-state index in [1.807, 2.05) is 0 Å². The number of rotatable bonds is 5. The minimum atomic E-state index is 0.396. The summed E-state index contributed by atoms with van der Waals surface area (Å²) in [5, 5.41) is 4.07. The highest BCUT2D eigenvalue weighted by Crippen LogP contribution is 2.22. The van der Waals surface area contributed by atoms with E-state index in [0.29, 0.717) is 18.0 Å². The van der Waals surface area contributed by atoms with Gasteiger partial charge in [0.1, 0.15) is 0 Å². The largest absolute Gasteiger partial charge is 0.339 e.